The Morgan fingerprint density at radius 3 is 2.50 bits per heavy atom. The average molecular weight is 514 g/mol. The van der Waals surface area contributed by atoms with Crippen molar-refractivity contribution in [2.24, 2.45) is 0 Å². The van der Waals surface area contributed by atoms with Crippen molar-refractivity contribution in [2.75, 3.05) is 12.0 Å². The van der Waals surface area contributed by atoms with E-state index in [1.807, 2.05) is 52.9 Å². The summed E-state index contributed by atoms with van der Waals surface area (Å²) in [5.74, 6) is -0.848. The normalized spacial score (nSPS) is 10.6. The maximum Gasteiger partial charge on any atom is 0.255 e. The lowest BCUT2D eigenvalue weighted by Gasteiger charge is -2.13. The molecular weight excluding hydrogens is 499 g/mol. The number of alkyl halides is 1. The van der Waals surface area contributed by atoms with Gasteiger partial charge in [0.25, 0.3) is 5.91 Å². The van der Waals surface area contributed by atoms with Crippen LogP contribution in [0.3, 0.4) is 0 Å². The van der Waals surface area contributed by atoms with E-state index < -0.39 is 18.4 Å². The Morgan fingerprint density at radius 2 is 1.82 bits per heavy atom. The summed E-state index contributed by atoms with van der Waals surface area (Å²) in [4.78, 5) is 11.2. The van der Waals surface area contributed by atoms with Crippen LogP contribution in [-0.2, 0) is 11.4 Å². The molecule has 144 valence electrons. The van der Waals surface area contributed by atoms with Gasteiger partial charge in [0.05, 0.1) is 10.7 Å². The van der Waals surface area contributed by atoms with Crippen molar-refractivity contribution in [1.29, 1.82) is 0 Å². The minimum absolute atomic E-state index is 0.242. The maximum atomic E-state index is 14.7. The Labute approximate surface area is 179 Å². The Balaban J connectivity index is 1.82. The Hall–Kier alpha value is -2.19. The number of rotatable bonds is 6. The van der Waals surface area contributed by atoms with E-state index >= 15 is 0 Å². The van der Waals surface area contributed by atoms with Crippen LogP contribution in [0.25, 0.3) is 11.1 Å². The topological polar surface area (TPSA) is 38.3 Å². The molecule has 0 bridgehead atoms. The van der Waals surface area contributed by atoms with Crippen molar-refractivity contribution in [3.8, 4) is 16.9 Å². The Morgan fingerprint density at radius 1 is 1.07 bits per heavy atom. The van der Waals surface area contributed by atoms with Crippen molar-refractivity contribution in [3.63, 3.8) is 0 Å². The van der Waals surface area contributed by atoms with E-state index in [2.05, 4.69) is 5.32 Å². The molecule has 0 radical (unpaired) electrons. The molecule has 0 aliphatic rings. The number of nitrogens with one attached hydrogen (secondary N) is 1. The second kappa shape index (κ2) is 9.34. The lowest BCUT2D eigenvalue weighted by Crippen LogP contribution is -2.14. The summed E-state index contributed by atoms with van der Waals surface area (Å²) in [6.07, 6.45) is 0. The molecule has 0 saturated carbocycles. The van der Waals surface area contributed by atoms with Gasteiger partial charge in [0, 0.05) is 20.8 Å². The van der Waals surface area contributed by atoms with Crippen molar-refractivity contribution in [2.45, 2.75) is 6.61 Å². The number of benzene rings is 3. The molecule has 1 N–H and O–H groups in total. The fourth-order valence-electron chi connectivity index (χ4n) is 2.58. The van der Waals surface area contributed by atoms with Gasteiger partial charge in [-0.1, -0.05) is 41.9 Å². The van der Waals surface area contributed by atoms with Crippen LogP contribution >= 0.6 is 34.2 Å². The van der Waals surface area contributed by atoms with Crippen molar-refractivity contribution < 1.29 is 18.3 Å². The first-order valence-corrected chi connectivity index (χ1v) is 9.75. The van der Waals surface area contributed by atoms with Crippen LogP contribution in [0.15, 0.2) is 60.7 Å². The molecular formula is C21H15ClF2INO2. The second-order valence-electron chi connectivity index (χ2n) is 5.91. The van der Waals surface area contributed by atoms with Crippen LogP contribution in [-0.4, -0.2) is 12.6 Å². The summed E-state index contributed by atoms with van der Waals surface area (Å²) < 4.78 is 33.3. The van der Waals surface area contributed by atoms with Gasteiger partial charge in [-0.05, 0) is 52.4 Å². The first kappa shape index (κ1) is 20.5. The van der Waals surface area contributed by atoms with E-state index in [1.54, 1.807) is 18.2 Å². The molecule has 3 nitrogen and oxygen atoms in total. The van der Waals surface area contributed by atoms with Gasteiger partial charge >= 0.3 is 0 Å². The highest BCUT2D eigenvalue weighted by molar-refractivity contribution is 14.1. The van der Waals surface area contributed by atoms with Crippen molar-refractivity contribution in [3.05, 3.63) is 80.6 Å². The molecule has 0 aliphatic heterocycles. The molecule has 0 fully saturated rings. The summed E-state index contributed by atoms with van der Waals surface area (Å²) in [6, 6.07) is 17.3. The lowest BCUT2D eigenvalue weighted by atomic mass is 10.0. The van der Waals surface area contributed by atoms with E-state index in [9.17, 15) is 13.6 Å². The third-order valence-corrected chi connectivity index (χ3v) is 5.14. The molecule has 0 unspecified atom stereocenters. The van der Waals surface area contributed by atoms with E-state index in [0.29, 0.717) is 32.7 Å². The number of anilines is 1. The molecule has 3 aromatic carbocycles. The minimum Gasteiger partial charge on any atom is -0.489 e. The lowest BCUT2D eigenvalue weighted by molar-refractivity contribution is -0.117. The van der Waals surface area contributed by atoms with Crippen LogP contribution in [0.1, 0.15) is 5.56 Å². The molecule has 0 atom stereocenters. The monoisotopic (exact) mass is 513 g/mol. The van der Waals surface area contributed by atoms with Gasteiger partial charge in [0.1, 0.15) is 18.2 Å². The molecule has 0 spiro atoms. The van der Waals surface area contributed by atoms with Crippen LogP contribution in [0.4, 0.5) is 14.5 Å². The Kier molecular flexibility index (Phi) is 6.85. The zero-order chi connectivity index (χ0) is 20.1. The number of carbonyl (C=O) groups is 1. The van der Waals surface area contributed by atoms with Crippen molar-refractivity contribution >= 4 is 45.8 Å². The summed E-state index contributed by atoms with van der Waals surface area (Å²) in [5, 5.41) is 2.66. The quantitative estimate of drug-likeness (QED) is 0.397. The molecule has 0 heterocycles. The highest BCUT2D eigenvalue weighted by atomic mass is 127. The van der Waals surface area contributed by atoms with E-state index in [4.69, 9.17) is 16.3 Å². The van der Waals surface area contributed by atoms with Crippen LogP contribution in [0.2, 0.25) is 5.02 Å². The first-order valence-electron chi connectivity index (χ1n) is 8.29. The standard InChI is InChI=1S/C21H15ClF2INO2/c22-17-10-20(26-21(27)11-23)19(25)9-16(17)15-7-6-14(8-18(15)24)28-12-13-4-2-1-3-5-13/h1-10H,11-12H2,(H,26,27). The summed E-state index contributed by atoms with van der Waals surface area (Å²) in [7, 11) is 0. The molecule has 0 saturated heterocycles. The molecule has 3 rings (SSSR count). The van der Waals surface area contributed by atoms with Gasteiger partial charge in [-0.25, -0.2) is 8.78 Å². The van der Waals surface area contributed by atoms with Gasteiger partial charge in [0.15, 0.2) is 6.67 Å². The predicted octanol–water partition coefficient (Wildman–Crippen LogP) is 6.24. The molecule has 0 aromatic heterocycles. The van der Waals surface area contributed by atoms with Gasteiger partial charge in [0.2, 0.25) is 0 Å². The highest BCUT2D eigenvalue weighted by Gasteiger charge is 2.14. The zero-order valence-corrected chi connectivity index (χ0v) is 17.4. The summed E-state index contributed by atoms with van der Waals surface area (Å²) in [5.41, 5.74) is 2.13. The maximum absolute atomic E-state index is 14.7. The van der Waals surface area contributed by atoms with Gasteiger partial charge in [-0.2, -0.15) is 0 Å². The third-order valence-electron chi connectivity index (χ3n) is 3.93. The zero-order valence-electron chi connectivity index (χ0n) is 14.5. The number of ether oxygens (including phenoxy) is 1. The van der Waals surface area contributed by atoms with Crippen LogP contribution < -0.4 is 10.1 Å². The highest BCUT2D eigenvalue weighted by Crippen LogP contribution is 2.36. The van der Waals surface area contributed by atoms with Crippen LogP contribution in [0, 0.1) is 9.39 Å². The van der Waals surface area contributed by atoms with Gasteiger partial charge in [-0.3, -0.25) is 4.79 Å². The summed E-state index contributed by atoms with van der Waals surface area (Å²) >= 11 is 8.24. The number of hydrogen-bond acceptors (Lipinski definition) is 2. The molecule has 7 heteroatoms. The van der Waals surface area contributed by atoms with E-state index in [-0.39, 0.29) is 5.02 Å². The third kappa shape index (κ3) is 4.99. The average Bonchev–Trinajstić information content (AvgIpc) is 2.70. The Bertz CT molecular complexity index is 999. The number of halogens is 4. The number of amides is 1. The summed E-state index contributed by atoms with van der Waals surface area (Å²) in [6.45, 7) is -0.796. The fourth-order valence-corrected chi connectivity index (χ4v) is 3.45. The van der Waals surface area contributed by atoms with E-state index in [0.717, 1.165) is 5.56 Å². The SMILES string of the molecule is O=C(CF)Nc1cc(Cl)c(-c2ccc(OCc3ccccc3)cc2F)cc1I. The van der Waals surface area contributed by atoms with Crippen molar-refractivity contribution in [1.82, 2.24) is 0 Å². The molecule has 28 heavy (non-hydrogen) atoms. The largest absolute Gasteiger partial charge is 0.489 e. The fraction of sp³-hybridized carbons (Fsp3) is 0.0952. The minimum atomic E-state index is -1.13. The molecule has 1 amide bonds. The molecule has 3 aromatic rings. The second-order valence-corrected chi connectivity index (χ2v) is 7.48. The number of carbonyl (C=O) groups excluding carboxylic acids is 1. The smallest absolute Gasteiger partial charge is 0.255 e. The molecule has 0 aliphatic carbocycles. The van der Waals surface area contributed by atoms with Crippen LogP contribution in [0.5, 0.6) is 5.75 Å². The first-order chi connectivity index (χ1) is 13.5. The number of hydrogen-bond donors (Lipinski definition) is 1. The van der Waals surface area contributed by atoms with Gasteiger partial charge < -0.3 is 10.1 Å². The van der Waals surface area contributed by atoms with Gasteiger partial charge in [-0.15, -0.1) is 0 Å². The predicted molar refractivity (Wildman–Crippen MR) is 115 cm³/mol. The van der Waals surface area contributed by atoms with E-state index in [1.165, 1.54) is 12.1 Å².